The summed E-state index contributed by atoms with van der Waals surface area (Å²) < 4.78 is 3.21. The third-order valence-electron chi connectivity index (χ3n) is 2.43. The fourth-order valence-electron chi connectivity index (χ4n) is 1.67. The summed E-state index contributed by atoms with van der Waals surface area (Å²) in [7, 11) is 0. The lowest BCUT2D eigenvalue weighted by molar-refractivity contribution is 0.516. The molecule has 0 amide bonds. The highest BCUT2D eigenvalue weighted by atomic mass is 32.2. The van der Waals surface area contributed by atoms with Crippen LogP contribution in [0.25, 0.3) is 0 Å². The molecule has 76 valence electrons. The Bertz CT molecular complexity index is 259. The van der Waals surface area contributed by atoms with Crippen molar-refractivity contribution < 1.29 is 0 Å². The predicted molar refractivity (Wildman–Crippen MR) is 60.1 cm³/mol. The average molecular weight is 209 g/mol. The van der Waals surface area contributed by atoms with Gasteiger partial charge in [-0.2, -0.15) is 0 Å². The normalized spacial score (nSPS) is 18.0. The molecule has 1 N–H and O–H groups in total. The van der Waals surface area contributed by atoms with Crippen molar-refractivity contribution in [3.63, 3.8) is 0 Å². The zero-order chi connectivity index (χ0) is 9.64. The summed E-state index contributed by atoms with van der Waals surface area (Å²) in [5.74, 6) is 0.725. The van der Waals surface area contributed by atoms with Crippen LogP contribution >= 0.6 is 11.9 Å². The van der Waals surface area contributed by atoms with Crippen LogP contribution in [0, 0.1) is 0 Å². The van der Waals surface area contributed by atoms with Gasteiger partial charge in [0.2, 0.25) is 5.95 Å². The van der Waals surface area contributed by atoms with Gasteiger partial charge in [0.25, 0.3) is 0 Å². The molecular weight excluding hydrogens is 194 g/mol. The fourth-order valence-corrected chi connectivity index (χ4v) is 2.62. The second-order valence-electron chi connectivity index (χ2n) is 3.55. The Balaban J connectivity index is 1.76. The van der Waals surface area contributed by atoms with E-state index in [1.54, 1.807) is 24.3 Å². The van der Waals surface area contributed by atoms with E-state index in [0.29, 0.717) is 0 Å². The molecule has 0 saturated heterocycles. The molecule has 4 heteroatoms. The van der Waals surface area contributed by atoms with Crippen molar-refractivity contribution in [2.75, 3.05) is 4.72 Å². The van der Waals surface area contributed by atoms with Crippen LogP contribution in [0.1, 0.15) is 32.1 Å². The number of hydrogen-bond donors (Lipinski definition) is 1. The summed E-state index contributed by atoms with van der Waals surface area (Å²) in [4.78, 5) is 8.24. The van der Waals surface area contributed by atoms with E-state index in [2.05, 4.69) is 14.7 Å². The molecule has 0 unspecified atom stereocenters. The van der Waals surface area contributed by atoms with Crippen LogP contribution < -0.4 is 4.72 Å². The Morgan fingerprint density at radius 3 is 2.57 bits per heavy atom. The van der Waals surface area contributed by atoms with Gasteiger partial charge >= 0.3 is 0 Å². The fraction of sp³-hybridized carbons (Fsp3) is 0.600. The Morgan fingerprint density at radius 1 is 1.14 bits per heavy atom. The molecule has 0 atom stereocenters. The van der Waals surface area contributed by atoms with E-state index in [0.717, 1.165) is 11.2 Å². The second kappa shape index (κ2) is 5.20. The lowest BCUT2D eigenvalue weighted by Crippen LogP contribution is -2.11. The smallest absolute Gasteiger partial charge is 0.232 e. The average Bonchev–Trinajstić information content (AvgIpc) is 2.29. The minimum atomic E-state index is 0.725. The summed E-state index contributed by atoms with van der Waals surface area (Å²) >= 11 is 1.78. The van der Waals surface area contributed by atoms with Gasteiger partial charge in [0.05, 0.1) is 0 Å². The summed E-state index contributed by atoms with van der Waals surface area (Å²) in [6, 6.07) is 1.83. The van der Waals surface area contributed by atoms with E-state index in [1.807, 2.05) is 6.07 Å². The van der Waals surface area contributed by atoms with Crippen LogP contribution in [0.3, 0.4) is 0 Å². The SMILES string of the molecule is c1cnc(NSC2CCCCC2)nc1. The first-order valence-corrected chi connectivity index (χ1v) is 6.02. The molecule has 1 aliphatic carbocycles. The molecule has 1 saturated carbocycles. The largest absolute Gasteiger partial charge is 0.298 e. The monoisotopic (exact) mass is 209 g/mol. The number of nitrogens with zero attached hydrogens (tertiary/aromatic N) is 2. The van der Waals surface area contributed by atoms with Crippen molar-refractivity contribution in [2.45, 2.75) is 37.4 Å². The van der Waals surface area contributed by atoms with E-state index >= 15 is 0 Å². The van der Waals surface area contributed by atoms with E-state index < -0.39 is 0 Å². The number of anilines is 1. The van der Waals surface area contributed by atoms with E-state index in [-0.39, 0.29) is 0 Å². The van der Waals surface area contributed by atoms with Crippen molar-refractivity contribution in [3.05, 3.63) is 18.5 Å². The van der Waals surface area contributed by atoms with Gasteiger partial charge in [-0.1, -0.05) is 19.3 Å². The van der Waals surface area contributed by atoms with Crippen LogP contribution in [0.5, 0.6) is 0 Å². The summed E-state index contributed by atoms with van der Waals surface area (Å²) in [6.45, 7) is 0. The zero-order valence-electron chi connectivity index (χ0n) is 8.15. The molecule has 14 heavy (non-hydrogen) atoms. The van der Waals surface area contributed by atoms with E-state index in [1.165, 1.54) is 32.1 Å². The van der Waals surface area contributed by atoms with Crippen molar-refractivity contribution in [3.8, 4) is 0 Å². The summed E-state index contributed by atoms with van der Waals surface area (Å²) in [5.41, 5.74) is 0. The molecule has 1 fully saturated rings. The number of nitrogens with one attached hydrogen (secondary N) is 1. The van der Waals surface area contributed by atoms with Gasteiger partial charge in [0.1, 0.15) is 0 Å². The maximum absolute atomic E-state index is 4.12. The van der Waals surface area contributed by atoms with Crippen molar-refractivity contribution in [1.29, 1.82) is 0 Å². The molecule has 1 heterocycles. The van der Waals surface area contributed by atoms with Gasteiger partial charge in [-0.05, 0) is 30.9 Å². The molecule has 0 aromatic carbocycles. The molecular formula is C10H15N3S. The first-order valence-electron chi connectivity index (χ1n) is 5.14. The maximum atomic E-state index is 4.12. The van der Waals surface area contributed by atoms with E-state index in [9.17, 15) is 0 Å². The summed E-state index contributed by atoms with van der Waals surface area (Å²) in [5, 5.41) is 0.743. The lowest BCUT2D eigenvalue weighted by Gasteiger charge is -2.20. The van der Waals surface area contributed by atoms with Gasteiger partial charge in [-0.25, -0.2) is 9.97 Å². The standard InChI is InChI=1S/C10H15N3S/c1-2-5-9(6-3-1)14-13-10-11-7-4-8-12-10/h4,7-9H,1-3,5-6H2,(H,11,12,13). The Labute approximate surface area is 88.9 Å². The Hall–Kier alpha value is -0.770. The summed E-state index contributed by atoms with van der Waals surface area (Å²) in [6.07, 6.45) is 10.3. The molecule has 1 aromatic heterocycles. The van der Waals surface area contributed by atoms with Crippen LogP contribution in [0.15, 0.2) is 18.5 Å². The molecule has 0 aliphatic heterocycles. The minimum Gasteiger partial charge on any atom is -0.298 e. The van der Waals surface area contributed by atoms with Crippen LogP contribution in [0.4, 0.5) is 5.95 Å². The second-order valence-corrected chi connectivity index (χ2v) is 4.66. The molecule has 0 bridgehead atoms. The van der Waals surface area contributed by atoms with Crippen molar-refractivity contribution in [2.24, 2.45) is 0 Å². The Morgan fingerprint density at radius 2 is 1.86 bits per heavy atom. The molecule has 0 spiro atoms. The van der Waals surface area contributed by atoms with E-state index in [4.69, 9.17) is 0 Å². The first kappa shape index (κ1) is 9.77. The quantitative estimate of drug-likeness (QED) is 0.777. The number of rotatable bonds is 3. The lowest BCUT2D eigenvalue weighted by atomic mass is 10.0. The highest BCUT2D eigenvalue weighted by Gasteiger charge is 2.13. The van der Waals surface area contributed by atoms with Gasteiger partial charge in [-0.15, -0.1) is 0 Å². The topological polar surface area (TPSA) is 37.8 Å². The van der Waals surface area contributed by atoms with Crippen molar-refractivity contribution in [1.82, 2.24) is 9.97 Å². The van der Waals surface area contributed by atoms with Crippen LogP contribution in [-0.2, 0) is 0 Å². The van der Waals surface area contributed by atoms with Crippen LogP contribution in [0.2, 0.25) is 0 Å². The third kappa shape index (κ3) is 2.87. The third-order valence-corrected chi connectivity index (χ3v) is 3.54. The first-order chi connectivity index (χ1) is 6.95. The van der Waals surface area contributed by atoms with Gasteiger partial charge in [-0.3, -0.25) is 4.72 Å². The highest BCUT2D eigenvalue weighted by molar-refractivity contribution is 8.01. The van der Waals surface area contributed by atoms with Gasteiger partial charge in [0, 0.05) is 17.6 Å². The van der Waals surface area contributed by atoms with Gasteiger partial charge < -0.3 is 0 Å². The Kier molecular flexibility index (Phi) is 3.63. The number of aromatic nitrogens is 2. The highest BCUT2D eigenvalue weighted by Crippen LogP contribution is 2.27. The maximum Gasteiger partial charge on any atom is 0.232 e. The predicted octanol–water partition coefficient (Wildman–Crippen LogP) is 2.87. The molecule has 1 aliphatic rings. The van der Waals surface area contributed by atoms with Crippen molar-refractivity contribution >= 4 is 17.9 Å². The molecule has 0 radical (unpaired) electrons. The zero-order valence-corrected chi connectivity index (χ0v) is 8.96. The van der Waals surface area contributed by atoms with Gasteiger partial charge in [0.15, 0.2) is 0 Å². The minimum absolute atomic E-state index is 0.725. The molecule has 3 nitrogen and oxygen atoms in total. The number of hydrogen-bond acceptors (Lipinski definition) is 4. The van der Waals surface area contributed by atoms with Crippen LogP contribution in [-0.4, -0.2) is 15.2 Å². The molecule has 2 rings (SSSR count). The molecule has 1 aromatic rings.